The monoisotopic (exact) mass is 584 g/mol. The largest absolute Gasteiger partial charge is 1.00 e. The number of aromatic nitrogens is 3. The van der Waals surface area contributed by atoms with Crippen LogP contribution < -0.4 is 45.5 Å². The van der Waals surface area contributed by atoms with Crippen molar-refractivity contribution in [2.45, 2.75) is 18.7 Å². The van der Waals surface area contributed by atoms with Crippen molar-refractivity contribution in [1.29, 1.82) is 0 Å². The SMILES string of the molecule is Cc1ccc2ccc(Nc3nc(Nc4ccc(S(=O)(=O)[O-])cc4)nc(Nc4ccc5ccc(C)cc5c4)n3)cc2c1.[Na+]. The van der Waals surface area contributed by atoms with E-state index in [9.17, 15) is 13.0 Å². The van der Waals surface area contributed by atoms with Crippen LogP contribution >= 0.6 is 0 Å². The number of nitrogens with one attached hydrogen (secondary N) is 3. The summed E-state index contributed by atoms with van der Waals surface area (Å²) in [6.45, 7) is 4.10. The molecule has 42 heavy (non-hydrogen) atoms. The van der Waals surface area contributed by atoms with Gasteiger partial charge in [-0.25, -0.2) is 8.42 Å². The molecule has 0 unspecified atom stereocenters. The van der Waals surface area contributed by atoms with Crippen LogP contribution in [0.25, 0.3) is 21.5 Å². The number of hydrogen-bond acceptors (Lipinski definition) is 9. The average Bonchev–Trinajstić information content (AvgIpc) is 2.92. The molecule has 1 aromatic heterocycles. The van der Waals surface area contributed by atoms with Crippen LogP contribution in [0, 0.1) is 13.8 Å². The quantitative estimate of drug-likeness (QED) is 0.189. The molecule has 0 aliphatic rings. The molecule has 6 aromatic rings. The number of benzene rings is 5. The first-order valence-corrected chi connectivity index (χ1v) is 14.2. The Labute approximate surface area is 265 Å². The molecule has 0 bridgehead atoms. The van der Waals surface area contributed by atoms with Crippen molar-refractivity contribution in [3.05, 3.63) is 108 Å². The van der Waals surface area contributed by atoms with E-state index < -0.39 is 10.1 Å². The zero-order valence-corrected chi connectivity index (χ0v) is 26.0. The van der Waals surface area contributed by atoms with Gasteiger partial charge in [0.15, 0.2) is 0 Å². The maximum Gasteiger partial charge on any atom is 1.00 e. The van der Waals surface area contributed by atoms with Gasteiger partial charge in [-0.05, 0) is 83.9 Å². The summed E-state index contributed by atoms with van der Waals surface area (Å²) >= 11 is 0. The van der Waals surface area contributed by atoms with Gasteiger partial charge in [-0.15, -0.1) is 0 Å². The Kier molecular flexibility index (Phi) is 8.44. The average molecular weight is 585 g/mol. The first kappa shape index (κ1) is 29.4. The van der Waals surface area contributed by atoms with Gasteiger partial charge in [-0.1, -0.05) is 59.7 Å². The van der Waals surface area contributed by atoms with E-state index in [1.165, 1.54) is 24.3 Å². The van der Waals surface area contributed by atoms with E-state index in [1.807, 2.05) is 36.4 Å². The Morgan fingerprint density at radius 3 is 1.33 bits per heavy atom. The smallest absolute Gasteiger partial charge is 0.744 e. The van der Waals surface area contributed by atoms with E-state index in [4.69, 9.17) is 0 Å². The van der Waals surface area contributed by atoms with Gasteiger partial charge < -0.3 is 20.5 Å². The number of aryl methyl sites for hydroxylation is 2. The molecule has 0 saturated carbocycles. The van der Waals surface area contributed by atoms with Crippen molar-refractivity contribution in [1.82, 2.24) is 15.0 Å². The molecule has 0 radical (unpaired) electrons. The molecule has 0 aliphatic heterocycles. The minimum absolute atomic E-state index is 0. The van der Waals surface area contributed by atoms with Crippen LogP contribution in [0.2, 0.25) is 0 Å². The molecule has 0 aliphatic carbocycles. The van der Waals surface area contributed by atoms with Crippen LogP contribution in [0.5, 0.6) is 0 Å². The van der Waals surface area contributed by atoms with Crippen molar-refractivity contribution in [3.8, 4) is 0 Å². The Bertz CT molecular complexity index is 1930. The maximum absolute atomic E-state index is 11.3. The molecular formula is C31H25N6NaO3S. The summed E-state index contributed by atoms with van der Waals surface area (Å²) < 4.78 is 33.9. The third-order valence-corrected chi connectivity index (χ3v) is 7.39. The van der Waals surface area contributed by atoms with Gasteiger partial charge in [0, 0.05) is 17.1 Å². The summed E-state index contributed by atoms with van der Waals surface area (Å²) in [7, 11) is -4.55. The van der Waals surface area contributed by atoms with Gasteiger partial charge in [0.1, 0.15) is 10.1 Å². The molecule has 9 nitrogen and oxygen atoms in total. The van der Waals surface area contributed by atoms with Gasteiger partial charge in [0.2, 0.25) is 17.8 Å². The van der Waals surface area contributed by atoms with Gasteiger partial charge in [0.05, 0.1) is 4.90 Å². The first-order valence-electron chi connectivity index (χ1n) is 12.8. The zero-order valence-electron chi connectivity index (χ0n) is 23.2. The predicted molar refractivity (Wildman–Crippen MR) is 161 cm³/mol. The van der Waals surface area contributed by atoms with E-state index >= 15 is 0 Å². The summed E-state index contributed by atoms with van der Waals surface area (Å²) in [5.74, 6) is 0.816. The van der Waals surface area contributed by atoms with Gasteiger partial charge >= 0.3 is 29.6 Å². The normalized spacial score (nSPS) is 11.2. The summed E-state index contributed by atoms with van der Waals surface area (Å²) in [6, 6.07) is 30.0. The Morgan fingerprint density at radius 2 is 0.905 bits per heavy atom. The van der Waals surface area contributed by atoms with E-state index in [-0.39, 0.29) is 40.4 Å². The maximum atomic E-state index is 11.3. The van der Waals surface area contributed by atoms with Crippen molar-refractivity contribution in [2.24, 2.45) is 0 Å². The van der Waals surface area contributed by atoms with Crippen molar-refractivity contribution >= 4 is 66.6 Å². The summed E-state index contributed by atoms with van der Waals surface area (Å²) in [5.41, 5.74) is 4.43. The van der Waals surface area contributed by atoms with Gasteiger partial charge in [-0.2, -0.15) is 15.0 Å². The van der Waals surface area contributed by atoms with E-state index in [0.29, 0.717) is 17.6 Å². The topological polar surface area (TPSA) is 132 Å². The minimum Gasteiger partial charge on any atom is -0.744 e. The number of hydrogen-bond donors (Lipinski definition) is 3. The zero-order chi connectivity index (χ0) is 28.6. The number of anilines is 6. The predicted octanol–water partition coefficient (Wildman–Crippen LogP) is 3.93. The molecule has 204 valence electrons. The fraction of sp³-hybridized carbons (Fsp3) is 0.0645. The number of nitrogens with zero attached hydrogens (tertiary/aromatic N) is 3. The third-order valence-electron chi connectivity index (χ3n) is 6.54. The molecule has 0 fully saturated rings. The third kappa shape index (κ3) is 6.87. The fourth-order valence-corrected chi connectivity index (χ4v) is 4.99. The van der Waals surface area contributed by atoms with E-state index in [2.05, 4.69) is 81.1 Å². The second-order valence-electron chi connectivity index (χ2n) is 9.79. The van der Waals surface area contributed by atoms with Crippen LogP contribution in [0.4, 0.5) is 34.9 Å². The Morgan fingerprint density at radius 1 is 0.524 bits per heavy atom. The van der Waals surface area contributed by atoms with Crippen molar-refractivity contribution < 1.29 is 42.5 Å². The van der Waals surface area contributed by atoms with Crippen LogP contribution in [-0.4, -0.2) is 27.9 Å². The Hall–Kier alpha value is -4.06. The van der Waals surface area contributed by atoms with Gasteiger partial charge in [-0.3, -0.25) is 0 Å². The molecule has 0 saturated heterocycles. The van der Waals surface area contributed by atoms with Crippen LogP contribution in [0.3, 0.4) is 0 Å². The molecule has 0 atom stereocenters. The summed E-state index contributed by atoms with van der Waals surface area (Å²) in [5, 5.41) is 14.0. The molecular weight excluding hydrogens is 559 g/mol. The Balaban J connectivity index is 0.00000353. The van der Waals surface area contributed by atoms with Crippen LogP contribution in [0.1, 0.15) is 11.1 Å². The van der Waals surface area contributed by atoms with E-state index in [0.717, 1.165) is 44.0 Å². The van der Waals surface area contributed by atoms with Gasteiger partial charge in [0.25, 0.3) is 0 Å². The molecule has 1 heterocycles. The first-order chi connectivity index (χ1) is 19.7. The fourth-order valence-electron chi connectivity index (χ4n) is 4.52. The number of rotatable bonds is 7. The molecule has 6 rings (SSSR count). The van der Waals surface area contributed by atoms with Crippen molar-refractivity contribution in [3.63, 3.8) is 0 Å². The second-order valence-corrected chi connectivity index (χ2v) is 11.2. The van der Waals surface area contributed by atoms with Crippen LogP contribution in [-0.2, 0) is 10.1 Å². The van der Waals surface area contributed by atoms with E-state index in [1.54, 1.807) is 0 Å². The molecule has 0 spiro atoms. The van der Waals surface area contributed by atoms with Crippen molar-refractivity contribution in [2.75, 3.05) is 16.0 Å². The molecule has 0 amide bonds. The molecule has 11 heteroatoms. The minimum atomic E-state index is -4.55. The summed E-state index contributed by atoms with van der Waals surface area (Å²) in [4.78, 5) is 13.3. The number of fused-ring (bicyclic) bond motifs is 2. The second kappa shape index (κ2) is 12.0. The molecule has 5 aromatic carbocycles. The molecule has 3 N–H and O–H groups in total. The van der Waals surface area contributed by atoms with Crippen LogP contribution in [0.15, 0.2) is 102 Å². The summed E-state index contributed by atoms with van der Waals surface area (Å²) in [6.07, 6.45) is 0. The standard InChI is InChI=1S/C31H26N6O3S.Na/c1-19-3-5-21-7-9-26(17-23(21)15-19)33-30-35-29(32-25-11-13-28(14-12-25)41(38,39)40)36-31(37-30)34-27-10-8-22-6-4-20(2)16-24(22)18-27;/h3-18H,1-2H3,(H,38,39,40)(H3,32,33,34,35,36,37);/q;+1/p-1.